The quantitative estimate of drug-likeness (QED) is 0.138. The molecule has 0 amide bonds. The lowest BCUT2D eigenvalue weighted by Crippen LogP contribution is -1.93. The van der Waals surface area contributed by atoms with Gasteiger partial charge in [-0.05, 0) is 94.0 Å². The Bertz CT molecular complexity index is 3140. The lowest BCUT2D eigenvalue weighted by atomic mass is 9.82. The van der Waals surface area contributed by atoms with E-state index in [1.807, 2.05) is 0 Å². The summed E-state index contributed by atoms with van der Waals surface area (Å²) < 4.78 is 6.64. The van der Waals surface area contributed by atoms with Crippen molar-refractivity contribution >= 4 is 75.8 Å². The Morgan fingerprint density at radius 1 is 0.255 bits per heavy atom. The molecule has 0 aliphatic carbocycles. The molecule has 0 bridgehead atoms. The standard InChI is InChI=1S/C50H30O/c1-3-15-33-31(13-1)27-29-37-35(33)23-11-24-39(37)48-43-21-9-7-19-41(43)47(42-20-8-10-22-44(42)48)38-18-6-5-17-36(38)40-25-12-26-46-49(40)45-30-28-32-14-2-4-16-34(32)50(45)51-46/h1-30H. The minimum atomic E-state index is 0.905. The summed E-state index contributed by atoms with van der Waals surface area (Å²) in [5, 5.41) is 14.7. The van der Waals surface area contributed by atoms with Gasteiger partial charge in [0.1, 0.15) is 11.2 Å². The smallest absolute Gasteiger partial charge is 0.143 e. The van der Waals surface area contributed by atoms with Gasteiger partial charge in [-0.3, -0.25) is 0 Å². The van der Waals surface area contributed by atoms with Gasteiger partial charge in [0, 0.05) is 16.2 Å². The molecular formula is C50H30O. The monoisotopic (exact) mass is 646 g/mol. The predicted molar refractivity (Wildman–Crippen MR) is 218 cm³/mol. The third-order valence-corrected chi connectivity index (χ3v) is 10.9. The highest BCUT2D eigenvalue weighted by atomic mass is 16.3. The fraction of sp³-hybridized carbons (Fsp3) is 0. The molecule has 1 heteroatoms. The first-order valence-corrected chi connectivity index (χ1v) is 17.6. The maximum Gasteiger partial charge on any atom is 0.143 e. The molecule has 1 nitrogen and oxygen atoms in total. The molecule has 11 rings (SSSR count). The van der Waals surface area contributed by atoms with Gasteiger partial charge < -0.3 is 4.42 Å². The molecule has 0 saturated heterocycles. The Kier molecular flexibility index (Phi) is 6.02. The van der Waals surface area contributed by atoms with Gasteiger partial charge >= 0.3 is 0 Å². The number of hydrogen-bond donors (Lipinski definition) is 0. The third kappa shape index (κ3) is 4.09. The molecule has 0 atom stereocenters. The van der Waals surface area contributed by atoms with Crippen LogP contribution in [0.5, 0.6) is 0 Å². The third-order valence-electron chi connectivity index (χ3n) is 10.9. The molecule has 0 fully saturated rings. The van der Waals surface area contributed by atoms with Crippen molar-refractivity contribution in [2.75, 3.05) is 0 Å². The lowest BCUT2D eigenvalue weighted by molar-refractivity contribution is 0.673. The van der Waals surface area contributed by atoms with E-state index < -0.39 is 0 Å². The summed E-state index contributed by atoms with van der Waals surface area (Å²) in [6, 6.07) is 66.3. The second-order valence-electron chi connectivity index (χ2n) is 13.5. The van der Waals surface area contributed by atoms with Gasteiger partial charge in [-0.15, -0.1) is 0 Å². The van der Waals surface area contributed by atoms with Crippen LogP contribution in [0.3, 0.4) is 0 Å². The van der Waals surface area contributed by atoms with Crippen molar-refractivity contribution in [3.05, 3.63) is 182 Å². The molecule has 0 saturated carbocycles. The van der Waals surface area contributed by atoms with Crippen molar-refractivity contribution in [2.24, 2.45) is 0 Å². The first-order chi connectivity index (χ1) is 25.3. The molecule has 11 aromatic rings. The number of furan rings is 1. The Morgan fingerprint density at radius 3 is 1.43 bits per heavy atom. The zero-order chi connectivity index (χ0) is 33.5. The van der Waals surface area contributed by atoms with E-state index in [-0.39, 0.29) is 0 Å². The van der Waals surface area contributed by atoms with Crippen molar-refractivity contribution in [1.29, 1.82) is 0 Å². The maximum atomic E-state index is 6.64. The number of hydrogen-bond acceptors (Lipinski definition) is 1. The van der Waals surface area contributed by atoms with Crippen LogP contribution in [0, 0.1) is 0 Å². The summed E-state index contributed by atoms with van der Waals surface area (Å²) >= 11 is 0. The molecule has 1 heterocycles. The van der Waals surface area contributed by atoms with E-state index in [0.29, 0.717) is 0 Å². The fourth-order valence-corrected chi connectivity index (χ4v) is 8.68. The molecule has 0 aliphatic rings. The first-order valence-electron chi connectivity index (χ1n) is 17.6. The van der Waals surface area contributed by atoms with Crippen molar-refractivity contribution in [3.63, 3.8) is 0 Å². The molecule has 0 radical (unpaired) electrons. The van der Waals surface area contributed by atoms with Crippen LogP contribution in [0.25, 0.3) is 109 Å². The summed E-state index contributed by atoms with van der Waals surface area (Å²) in [7, 11) is 0. The van der Waals surface area contributed by atoms with E-state index in [4.69, 9.17) is 4.42 Å². The molecule has 0 aliphatic heterocycles. The van der Waals surface area contributed by atoms with E-state index in [9.17, 15) is 0 Å². The van der Waals surface area contributed by atoms with Crippen LogP contribution in [-0.2, 0) is 0 Å². The van der Waals surface area contributed by atoms with E-state index in [0.717, 1.165) is 27.3 Å². The topological polar surface area (TPSA) is 13.1 Å². The second-order valence-corrected chi connectivity index (χ2v) is 13.5. The molecule has 0 N–H and O–H groups in total. The van der Waals surface area contributed by atoms with Crippen molar-refractivity contribution in [2.45, 2.75) is 0 Å². The highest BCUT2D eigenvalue weighted by Gasteiger charge is 2.22. The molecule has 1 aromatic heterocycles. The minimum absolute atomic E-state index is 0.905. The maximum absolute atomic E-state index is 6.64. The second kappa shape index (κ2) is 10.9. The van der Waals surface area contributed by atoms with Crippen molar-refractivity contribution in [1.82, 2.24) is 0 Å². The first kappa shape index (κ1) is 28.2. The van der Waals surface area contributed by atoms with Gasteiger partial charge in [0.25, 0.3) is 0 Å². The average Bonchev–Trinajstić information content (AvgIpc) is 3.59. The molecule has 0 spiro atoms. The van der Waals surface area contributed by atoms with E-state index in [2.05, 4.69) is 182 Å². The Hall–Kier alpha value is -6.70. The lowest BCUT2D eigenvalue weighted by Gasteiger charge is -2.20. The van der Waals surface area contributed by atoms with Gasteiger partial charge in [-0.1, -0.05) is 170 Å². The van der Waals surface area contributed by atoms with Crippen LogP contribution >= 0.6 is 0 Å². The molecular weight excluding hydrogens is 617 g/mol. The van der Waals surface area contributed by atoms with Crippen LogP contribution in [0.4, 0.5) is 0 Å². The Labute approximate surface area is 294 Å². The van der Waals surface area contributed by atoms with Crippen LogP contribution in [0.2, 0.25) is 0 Å². The zero-order valence-electron chi connectivity index (χ0n) is 27.7. The summed E-state index contributed by atoms with van der Waals surface area (Å²) in [5.41, 5.74) is 9.21. The summed E-state index contributed by atoms with van der Waals surface area (Å²) in [4.78, 5) is 0. The molecule has 10 aromatic carbocycles. The van der Waals surface area contributed by atoms with Gasteiger partial charge in [0.05, 0.1) is 0 Å². The summed E-state index contributed by atoms with van der Waals surface area (Å²) in [6.45, 7) is 0. The molecule has 236 valence electrons. The van der Waals surface area contributed by atoms with Crippen LogP contribution < -0.4 is 0 Å². The highest BCUT2D eigenvalue weighted by Crippen LogP contribution is 2.49. The average molecular weight is 647 g/mol. The van der Waals surface area contributed by atoms with Gasteiger partial charge in [0.2, 0.25) is 0 Å². The van der Waals surface area contributed by atoms with Gasteiger partial charge in [-0.25, -0.2) is 0 Å². The highest BCUT2D eigenvalue weighted by molar-refractivity contribution is 6.26. The minimum Gasteiger partial charge on any atom is -0.455 e. The van der Waals surface area contributed by atoms with Gasteiger partial charge in [0.15, 0.2) is 0 Å². The SMILES string of the molecule is c1ccc(-c2cccc3oc4c5ccccc5ccc4c23)c(-c2c3ccccc3c(-c3cccc4c3ccc3ccccc34)c3ccccc23)c1. The normalized spacial score (nSPS) is 11.9. The van der Waals surface area contributed by atoms with Crippen molar-refractivity contribution in [3.8, 4) is 33.4 Å². The Balaban J connectivity index is 1.23. The Morgan fingerprint density at radius 2 is 0.725 bits per heavy atom. The van der Waals surface area contributed by atoms with Crippen LogP contribution in [0.1, 0.15) is 0 Å². The molecule has 51 heavy (non-hydrogen) atoms. The number of rotatable bonds is 3. The zero-order valence-corrected chi connectivity index (χ0v) is 27.7. The van der Waals surface area contributed by atoms with Crippen LogP contribution in [-0.4, -0.2) is 0 Å². The molecule has 0 unspecified atom stereocenters. The van der Waals surface area contributed by atoms with E-state index in [1.165, 1.54) is 81.9 Å². The van der Waals surface area contributed by atoms with E-state index in [1.54, 1.807) is 0 Å². The largest absolute Gasteiger partial charge is 0.455 e. The fourth-order valence-electron chi connectivity index (χ4n) is 8.68. The van der Waals surface area contributed by atoms with Crippen molar-refractivity contribution < 1.29 is 4.42 Å². The number of fused-ring (bicyclic) bond motifs is 10. The summed E-state index contributed by atoms with van der Waals surface area (Å²) in [5.74, 6) is 0. The predicted octanol–water partition coefficient (Wildman–Crippen LogP) is 14.4. The van der Waals surface area contributed by atoms with Gasteiger partial charge in [-0.2, -0.15) is 0 Å². The summed E-state index contributed by atoms with van der Waals surface area (Å²) in [6.07, 6.45) is 0. The van der Waals surface area contributed by atoms with Crippen LogP contribution in [0.15, 0.2) is 186 Å². The van der Waals surface area contributed by atoms with E-state index >= 15 is 0 Å². The number of benzene rings is 10.